The van der Waals surface area contributed by atoms with Gasteiger partial charge >= 0.3 is 5.97 Å². The molecule has 62 heavy (non-hydrogen) atoms. The number of anilines is 1. The van der Waals surface area contributed by atoms with Gasteiger partial charge in [0.25, 0.3) is 0 Å². The lowest BCUT2D eigenvalue weighted by Crippen LogP contribution is -2.15. The van der Waals surface area contributed by atoms with E-state index in [0.29, 0.717) is 131 Å². The third-order valence-electron chi connectivity index (χ3n) is 9.93. The van der Waals surface area contributed by atoms with Crippen LogP contribution in [0.25, 0.3) is 0 Å². The summed E-state index contributed by atoms with van der Waals surface area (Å²) in [4.78, 5) is 12.2. The van der Waals surface area contributed by atoms with Gasteiger partial charge in [-0.05, 0) is 37.1 Å². The lowest BCUT2D eigenvalue weighted by molar-refractivity contribution is -0.0271. The van der Waals surface area contributed by atoms with Crippen LogP contribution in [0.4, 0.5) is 5.69 Å². The first-order valence-electron chi connectivity index (χ1n) is 24.6. The van der Waals surface area contributed by atoms with E-state index in [9.17, 15) is 4.79 Å². The average Bonchev–Trinajstić information content (AvgIpc) is 3.29. The van der Waals surface area contributed by atoms with Crippen LogP contribution in [0, 0.1) is 0 Å². The van der Waals surface area contributed by atoms with Crippen molar-refractivity contribution in [2.24, 2.45) is 0 Å². The molecule has 0 spiro atoms. The molecule has 1 N–H and O–H groups in total. The van der Waals surface area contributed by atoms with Crippen LogP contribution >= 0.6 is 0 Å². The zero-order valence-electron chi connectivity index (χ0n) is 39.5. The van der Waals surface area contributed by atoms with Crippen LogP contribution in [-0.2, 0) is 52.1 Å². The molecular weight excluding hydrogens is 795 g/mol. The number of rotatable bonds is 52. The normalized spacial score (nSPS) is 11.5. The molecule has 0 fully saturated rings. The highest BCUT2D eigenvalue weighted by Crippen LogP contribution is 2.14. The Labute approximate surface area is 377 Å². The summed E-state index contributed by atoms with van der Waals surface area (Å²) in [6, 6.07) is 7.31. The molecule has 0 heterocycles. The number of unbranched alkanes of at least 4 members (excludes halogenated alkanes) is 16. The molecule has 1 aromatic carbocycles. The van der Waals surface area contributed by atoms with Crippen molar-refractivity contribution in [1.82, 2.24) is 0 Å². The molecule has 0 atom stereocenters. The Hall–Kier alpha value is -1.91. The third-order valence-corrected chi connectivity index (χ3v) is 9.93. The lowest BCUT2D eigenvalue weighted by Gasteiger charge is -2.09. The molecule has 13 heteroatoms. The first-order valence-corrected chi connectivity index (χ1v) is 24.6. The van der Waals surface area contributed by atoms with Gasteiger partial charge < -0.3 is 57.4 Å². The number of benzene rings is 1. The largest absolute Gasteiger partial charge is 0.460 e. The van der Waals surface area contributed by atoms with Crippen LogP contribution in [-0.4, -0.2) is 151 Å². The second-order valence-electron chi connectivity index (χ2n) is 15.4. The number of nitrogens with one attached hydrogen (secondary N) is 1. The van der Waals surface area contributed by atoms with Crippen LogP contribution < -0.4 is 5.32 Å². The average molecular weight is 886 g/mol. The van der Waals surface area contributed by atoms with Gasteiger partial charge in [0.1, 0.15) is 6.61 Å². The molecule has 364 valence electrons. The molecule has 0 aliphatic carbocycles. The molecular formula is C49H91NO12. The highest BCUT2D eigenvalue weighted by atomic mass is 16.6. The summed E-state index contributed by atoms with van der Waals surface area (Å²) in [6.45, 7) is 16.0. The molecule has 0 radical (unpaired) electrons. The second kappa shape index (κ2) is 50.1. The molecule has 0 bridgehead atoms. The van der Waals surface area contributed by atoms with E-state index in [-0.39, 0.29) is 12.6 Å². The molecule has 0 unspecified atom stereocenters. The zero-order chi connectivity index (χ0) is 44.3. The minimum Gasteiger partial charge on any atom is -0.460 e. The van der Waals surface area contributed by atoms with Crippen molar-refractivity contribution < 1.29 is 56.9 Å². The van der Waals surface area contributed by atoms with Gasteiger partial charge in [-0.2, -0.15) is 0 Å². The Morgan fingerprint density at radius 1 is 0.339 bits per heavy atom. The maximum atomic E-state index is 12.2. The first kappa shape index (κ1) is 58.1. The van der Waals surface area contributed by atoms with E-state index in [1.165, 1.54) is 96.3 Å². The fraction of sp³-hybridized carbons (Fsp3) is 0.857. The van der Waals surface area contributed by atoms with E-state index in [4.69, 9.17) is 52.1 Å². The van der Waals surface area contributed by atoms with Crippen molar-refractivity contribution in [1.29, 1.82) is 0 Å². The van der Waals surface area contributed by atoms with E-state index in [1.807, 2.05) is 12.1 Å². The predicted octanol–water partition coefficient (Wildman–Crippen LogP) is 9.48. The Kier molecular flexibility index (Phi) is 46.9. The van der Waals surface area contributed by atoms with Crippen LogP contribution in [0.5, 0.6) is 0 Å². The number of carbonyl (C=O) groups excluding carboxylic acids is 1. The van der Waals surface area contributed by atoms with Gasteiger partial charge in [0.05, 0.1) is 131 Å². The summed E-state index contributed by atoms with van der Waals surface area (Å²) in [5.41, 5.74) is 1.52. The Bertz CT molecular complexity index is 1020. The SMILES string of the molecule is CCCCCCCCCCCCCCCCCCOCCOCCOCCOCCOCCOCCOCCOCCOCCOCCOC(=O)c1ccc(NCCCC)cc1. The van der Waals surface area contributed by atoms with Gasteiger partial charge in [-0.15, -0.1) is 0 Å². The highest BCUT2D eigenvalue weighted by Gasteiger charge is 2.07. The first-order chi connectivity index (χ1) is 30.8. The van der Waals surface area contributed by atoms with Crippen LogP contribution in [0.1, 0.15) is 140 Å². The van der Waals surface area contributed by atoms with Crippen molar-refractivity contribution in [3.8, 4) is 0 Å². The van der Waals surface area contributed by atoms with E-state index < -0.39 is 0 Å². The van der Waals surface area contributed by atoms with Gasteiger partial charge in [-0.3, -0.25) is 0 Å². The molecule has 0 saturated heterocycles. The summed E-state index contributed by atoms with van der Waals surface area (Å²) in [7, 11) is 0. The minimum atomic E-state index is -0.358. The minimum absolute atomic E-state index is 0.192. The number of carbonyl (C=O) groups is 1. The molecule has 13 nitrogen and oxygen atoms in total. The Balaban J connectivity index is 1.65. The third kappa shape index (κ3) is 43.3. The van der Waals surface area contributed by atoms with Crippen molar-refractivity contribution in [2.45, 2.75) is 129 Å². The van der Waals surface area contributed by atoms with Crippen molar-refractivity contribution in [3.05, 3.63) is 29.8 Å². The monoisotopic (exact) mass is 886 g/mol. The summed E-state index contributed by atoms with van der Waals surface area (Å²) < 4.78 is 60.7. The number of hydrogen-bond acceptors (Lipinski definition) is 13. The zero-order valence-corrected chi connectivity index (χ0v) is 39.5. The van der Waals surface area contributed by atoms with Crippen molar-refractivity contribution >= 4 is 11.7 Å². The predicted molar refractivity (Wildman–Crippen MR) is 248 cm³/mol. The molecule has 0 saturated carbocycles. The molecule has 1 rings (SSSR count). The summed E-state index contributed by atoms with van der Waals surface area (Å²) in [5.74, 6) is -0.358. The fourth-order valence-corrected chi connectivity index (χ4v) is 6.24. The van der Waals surface area contributed by atoms with Crippen molar-refractivity contribution in [2.75, 3.05) is 151 Å². The van der Waals surface area contributed by atoms with Crippen LogP contribution in [0.3, 0.4) is 0 Å². The molecule has 0 aliphatic rings. The Morgan fingerprint density at radius 2 is 0.613 bits per heavy atom. The van der Waals surface area contributed by atoms with E-state index >= 15 is 0 Å². The number of ether oxygens (including phenoxy) is 11. The van der Waals surface area contributed by atoms with Gasteiger partial charge in [0.2, 0.25) is 0 Å². The number of esters is 1. The van der Waals surface area contributed by atoms with Crippen LogP contribution in [0.15, 0.2) is 24.3 Å². The van der Waals surface area contributed by atoms with Gasteiger partial charge in [-0.25, -0.2) is 4.79 Å². The standard InChI is InChI=1S/C49H91NO12/c1-3-5-7-8-9-10-11-12-13-14-15-16-17-18-19-20-26-52-27-28-53-29-30-54-31-32-55-33-34-56-35-36-57-37-38-58-39-40-59-41-42-60-43-44-61-45-46-62-49(51)47-21-23-48(24-22-47)50-25-6-4-2/h21-24,50H,3-20,25-46H2,1-2H3. The summed E-state index contributed by atoms with van der Waals surface area (Å²) >= 11 is 0. The fourth-order valence-electron chi connectivity index (χ4n) is 6.24. The molecule has 1 aromatic rings. The topological polar surface area (TPSA) is 131 Å². The Morgan fingerprint density at radius 3 is 0.935 bits per heavy atom. The maximum absolute atomic E-state index is 12.2. The summed E-state index contributed by atoms with van der Waals surface area (Å²) in [5, 5.41) is 3.32. The molecule has 0 amide bonds. The number of hydrogen-bond donors (Lipinski definition) is 1. The van der Waals surface area contributed by atoms with Gasteiger partial charge in [0, 0.05) is 18.8 Å². The van der Waals surface area contributed by atoms with E-state index in [2.05, 4.69) is 19.2 Å². The van der Waals surface area contributed by atoms with Crippen LogP contribution in [0.2, 0.25) is 0 Å². The summed E-state index contributed by atoms with van der Waals surface area (Å²) in [6.07, 6.45) is 24.4. The van der Waals surface area contributed by atoms with E-state index in [0.717, 1.165) is 38.1 Å². The van der Waals surface area contributed by atoms with E-state index in [1.54, 1.807) is 12.1 Å². The molecule has 0 aliphatic heterocycles. The second-order valence-corrected chi connectivity index (χ2v) is 15.4. The lowest BCUT2D eigenvalue weighted by atomic mass is 10.0. The molecule has 0 aromatic heterocycles. The maximum Gasteiger partial charge on any atom is 0.338 e. The quantitative estimate of drug-likeness (QED) is 0.0493. The highest BCUT2D eigenvalue weighted by molar-refractivity contribution is 5.89. The smallest absolute Gasteiger partial charge is 0.338 e. The van der Waals surface area contributed by atoms with Gasteiger partial charge in [-0.1, -0.05) is 117 Å². The van der Waals surface area contributed by atoms with Gasteiger partial charge in [0.15, 0.2) is 0 Å². The van der Waals surface area contributed by atoms with Crippen molar-refractivity contribution in [3.63, 3.8) is 0 Å².